The van der Waals surface area contributed by atoms with Gasteiger partial charge in [0, 0.05) is 5.69 Å². The molecule has 4 aromatic rings. The van der Waals surface area contributed by atoms with E-state index >= 15 is 0 Å². The predicted octanol–water partition coefficient (Wildman–Crippen LogP) is 5.78. The molecule has 39 heavy (non-hydrogen) atoms. The number of carboxylic acid groups (broad SMARTS) is 1. The molecule has 0 saturated carbocycles. The van der Waals surface area contributed by atoms with Crippen molar-refractivity contribution in [1.82, 2.24) is 9.88 Å². The smallest absolute Gasteiger partial charge is 0.330 e. The summed E-state index contributed by atoms with van der Waals surface area (Å²) in [7, 11) is 0. The fourth-order valence-electron chi connectivity index (χ4n) is 5.32. The van der Waals surface area contributed by atoms with E-state index in [1.165, 1.54) is 0 Å². The number of rotatable bonds is 7. The number of carbonyl (C=O) groups excluding carboxylic acids is 1. The molecule has 0 bridgehead atoms. The predicted molar refractivity (Wildman–Crippen MR) is 152 cm³/mol. The van der Waals surface area contributed by atoms with E-state index in [0.717, 1.165) is 66.5 Å². The zero-order chi connectivity index (χ0) is 27.2. The lowest BCUT2D eigenvalue weighted by atomic mass is 9.95. The second-order valence-corrected chi connectivity index (χ2v) is 10.1. The van der Waals surface area contributed by atoms with Crippen LogP contribution in [0.5, 0.6) is 0 Å². The standard InChI is InChI=1S/C33H32N2O4/c36-31(34-30(33(38)39)26-13-8-4-9-14-26)28-21-27-15-5-1-2-10-16-29(27)35(32(28)37)22-23-17-19-25(20-18-23)24-11-6-3-7-12-24/h3-4,6-9,11-14,17-21,30H,1-2,5,10,15-16,22H2,(H,34,36)(H,38,39)/t30-/m1/s1. The van der Waals surface area contributed by atoms with Crippen molar-refractivity contribution >= 4 is 11.9 Å². The fourth-order valence-corrected chi connectivity index (χ4v) is 5.32. The number of carboxylic acids is 1. The van der Waals surface area contributed by atoms with Crippen LogP contribution in [0.25, 0.3) is 11.1 Å². The summed E-state index contributed by atoms with van der Waals surface area (Å²) >= 11 is 0. The SMILES string of the molecule is O=C(N[C@@H](C(=O)O)c1ccccc1)c1cc2c(n(Cc3ccc(-c4ccccc4)cc3)c1=O)CCCCCC2. The molecular formula is C33H32N2O4. The fraction of sp³-hybridized carbons (Fsp3) is 0.242. The molecule has 2 N–H and O–H groups in total. The van der Waals surface area contributed by atoms with Gasteiger partial charge in [0.25, 0.3) is 11.5 Å². The molecular weight excluding hydrogens is 488 g/mol. The summed E-state index contributed by atoms with van der Waals surface area (Å²) in [5.41, 5.74) is 5.18. The first-order valence-electron chi connectivity index (χ1n) is 13.5. The lowest BCUT2D eigenvalue weighted by Gasteiger charge is -2.22. The summed E-state index contributed by atoms with van der Waals surface area (Å²) in [6.07, 6.45) is 5.75. The second-order valence-electron chi connectivity index (χ2n) is 10.1. The quantitative estimate of drug-likeness (QED) is 0.323. The normalized spacial score (nSPS) is 13.9. The van der Waals surface area contributed by atoms with Gasteiger partial charge in [-0.2, -0.15) is 0 Å². The number of carbonyl (C=O) groups is 2. The highest BCUT2D eigenvalue weighted by Crippen LogP contribution is 2.23. The summed E-state index contributed by atoms with van der Waals surface area (Å²) in [6.45, 7) is 0.346. The Morgan fingerprint density at radius 2 is 1.41 bits per heavy atom. The van der Waals surface area contributed by atoms with Crippen LogP contribution < -0.4 is 10.9 Å². The van der Waals surface area contributed by atoms with Crippen molar-refractivity contribution in [3.8, 4) is 11.1 Å². The zero-order valence-electron chi connectivity index (χ0n) is 21.8. The van der Waals surface area contributed by atoms with E-state index in [1.54, 1.807) is 41.0 Å². The molecule has 1 atom stereocenters. The van der Waals surface area contributed by atoms with Gasteiger partial charge in [-0.1, -0.05) is 97.8 Å². The number of hydrogen-bond acceptors (Lipinski definition) is 3. The first-order chi connectivity index (χ1) is 19.0. The highest BCUT2D eigenvalue weighted by Gasteiger charge is 2.26. The van der Waals surface area contributed by atoms with Crippen molar-refractivity contribution in [1.29, 1.82) is 0 Å². The van der Waals surface area contributed by atoms with E-state index in [0.29, 0.717) is 12.1 Å². The van der Waals surface area contributed by atoms with Crippen molar-refractivity contribution in [3.63, 3.8) is 0 Å². The monoisotopic (exact) mass is 520 g/mol. The number of aliphatic carboxylic acids is 1. The highest BCUT2D eigenvalue weighted by atomic mass is 16.4. The number of amides is 1. The number of fused-ring (bicyclic) bond motifs is 1. The summed E-state index contributed by atoms with van der Waals surface area (Å²) in [5, 5.41) is 12.4. The van der Waals surface area contributed by atoms with Crippen LogP contribution in [0.2, 0.25) is 0 Å². The Kier molecular flexibility index (Phi) is 8.02. The van der Waals surface area contributed by atoms with E-state index in [-0.39, 0.29) is 5.56 Å². The molecule has 1 heterocycles. The Balaban J connectivity index is 1.50. The van der Waals surface area contributed by atoms with E-state index in [2.05, 4.69) is 17.4 Å². The van der Waals surface area contributed by atoms with Gasteiger partial charge in [-0.15, -0.1) is 0 Å². The molecule has 0 spiro atoms. The van der Waals surface area contributed by atoms with Crippen molar-refractivity contribution in [3.05, 3.63) is 129 Å². The van der Waals surface area contributed by atoms with Gasteiger partial charge < -0.3 is 15.0 Å². The van der Waals surface area contributed by atoms with Gasteiger partial charge in [0.2, 0.25) is 0 Å². The van der Waals surface area contributed by atoms with Gasteiger partial charge in [-0.05, 0) is 59.6 Å². The number of nitrogens with one attached hydrogen (secondary N) is 1. The van der Waals surface area contributed by atoms with Gasteiger partial charge in [0.15, 0.2) is 6.04 Å². The maximum atomic E-state index is 13.8. The molecule has 0 saturated heterocycles. The van der Waals surface area contributed by atoms with Crippen molar-refractivity contribution in [2.24, 2.45) is 0 Å². The van der Waals surface area contributed by atoms with Gasteiger partial charge in [-0.3, -0.25) is 9.59 Å². The minimum atomic E-state index is -1.25. The zero-order valence-corrected chi connectivity index (χ0v) is 21.8. The maximum Gasteiger partial charge on any atom is 0.330 e. The van der Waals surface area contributed by atoms with Gasteiger partial charge in [0.05, 0.1) is 6.54 Å². The molecule has 6 heteroatoms. The van der Waals surface area contributed by atoms with Crippen LogP contribution in [0, 0.1) is 0 Å². The Labute approximate surface area is 228 Å². The number of hydrogen-bond donors (Lipinski definition) is 2. The number of aromatic nitrogens is 1. The molecule has 1 aromatic heterocycles. The second kappa shape index (κ2) is 11.9. The van der Waals surface area contributed by atoms with Gasteiger partial charge in [-0.25, -0.2) is 4.79 Å². The number of aryl methyl sites for hydroxylation is 1. The number of pyridine rings is 1. The van der Waals surface area contributed by atoms with Crippen molar-refractivity contribution < 1.29 is 14.7 Å². The molecule has 3 aromatic carbocycles. The molecule has 1 aliphatic carbocycles. The van der Waals surface area contributed by atoms with Crippen LogP contribution in [0.3, 0.4) is 0 Å². The molecule has 1 amide bonds. The third kappa shape index (κ3) is 6.01. The Hall–Kier alpha value is -4.45. The Bertz CT molecular complexity index is 1510. The molecule has 5 rings (SSSR count). The molecule has 0 fully saturated rings. The molecule has 198 valence electrons. The lowest BCUT2D eigenvalue weighted by molar-refractivity contribution is -0.139. The summed E-state index contributed by atoms with van der Waals surface area (Å²) in [5.74, 6) is -1.85. The molecule has 0 unspecified atom stereocenters. The first kappa shape index (κ1) is 26.2. The minimum Gasteiger partial charge on any atom is -0.479 e. The lowest BCUT2D eigenvalue weighted by Crippen LogP contribution is -2.39. The number of nitrogens with zero attached hydrogens (tertiary/aromatic N) is 1. The van der Waals surface area contributed by atoms with Crippen molar-refractivity contribution in [2.75, 3.05) is 0 Å². The van der Waals surface area contributed by atoms with Gasteiger partial charge in [0.1, 0.15) is 5.56 Å². The van der Waals surface area contributed by atoms with Crippen LogP contribution in [-0.2, 0) is 24.2 Å². The Morgan fingerprint density at radius 3 is 2.08 bits per heavy atom. The average Bonchev–Trinajstić information content (AvgIpc) is 2.95. The van der Waals surface area contributed by atoms with E-state index < -0.39 is 23.5 Å². The van der Waals surface area contributed by atoms with E-state index in [4.69, 9.17) is 0 Å². The Morgan fingerprint density at radius 1 is 0.795 bits per heavy atom. The molecule has 0 aliphatic heterocycles. The van der Waals surface area contributed by atoms with E-state index in [9.17, 15) is 19.5 Å². The third-order valence-corrected chi connectivity index (χ3v) is 7.40. The summed E-state index contributed by atoms with van der Waals surface area (Å²) in [6, 6.07) is 27.2. The van der Waals surface area contributed by atoms with Crippen LogP contribution >= 0.6 is 0 Å². The summed E-state index contributed by atoms with van der Waals surface area (Å²) < 4.78 is 1.73. The van der Waals surface area contributed by atoms with Crippen LogP contribution in [0.4, 0.5) is 0 Å². The number of benzene rings is 3. The maximum absolute atomic E-state index is 13.8. The van der Waals surface area contributed by atoms with Crippen LogP contribution in [0.15, 0.2) is 95.8 Å². The first-order valence-corrected chi connectivity index (χ1v) is 13.5. The van der Waals surface area contributed by atoms with Crippen LogP contribution in [0.1, 0.15) is 64.5 Å². The minimum absolute atomic E-state index is 0.0163. The highest BCUT2D eigenvalue weighted by molar-refractivity contribution is 5.96. The molecule has 0 radical (unpaired) electrons. The topological polar surface area (TPSA) is 88.4 Å². The largest absolute Gasteiger partial charge is 0.479 e. The van der Waals surface area contributed by atoms with Gasteiger partial charge >= 0.3 is 5.97 Å². The summed E-state index contributed by atoms with van der Waals surface area (Å²) in [4.78, 5) is 39.2. The molecule has 6 nitrogen and oxygen atoms in total. The average molecular weight is 521 g/mol. The van der Waals surface area contributed by atoms with E-state index in [1.807, 2.05) is 42.5 Å². The third-order valence-electron chi connectivity index (χ3n) is 7.40. The molecule has 1 aliphatic rings. The van der Waals surface area contributed by atoms with Crippen LogP contribution in [-0.4, -0.2) is 21.6 Å². The van der Waals surface area contributed by atoms with Crippen molar-refractivity contribution in [2.45, 2.75) is 51.1 Å².